The summed E-state index contributed by atoms with van der Waals surface area (Å²) < 4.78 is 4.84. The summed E-state index contributed by atoms with van der Waals surface area (Å²) in [5.41, 5.74) is 1.27. The van der Waals surface area contributed by atoms with E-state index in [4.69, 9.17) is 4.74 Å². The van der Waals surface area contributed by atoms with Crippen LogP contribution in [-0.2, 0) is 25.7 Å². The maximum absolute atomic E-state index is 12.9. The quantitative estimate of drug-likeness (QED) is 0.604. The molecule has 1 saturated heterocycles. The van der Waals surface area contributed by atoms with Gasteiger partial charge in [0.1, 0.15) is 6.04 Å². The Morgan fingerprint density at radius 1 is 1.03 bits per heavy atom. The number of carbonyl (C=O) groups is 3. The molecular weight excluding hydrogens is 370 g/mol. The number of hydrogen-bond acceptors (Lipinski definition) is 5. The molecule has 1 aliphatic rings. The molecule has 0 aromatic heterocycles. The van der Waals surface area contributed by atoms with E-state index in [9.17, 15) is 14.4 Å². The molecule has 1 fully saturated rings. The van der Waals surface area contributed by atoms with Gasteiger partial charge in [-0.05, 0) is 18.9 Å². The first-order chi connectivity index (χ1) is 14.0. The Hall–Kier alpha value is -2.41. The van der Waals surface area contributed by atoms with Gasteiger partial charge in [-0.2, -0.15) is 0 Å². The van der Waals surface area contributed by atoms with Crippen LogP contribution >= 0.6 is 0 Å². The van der Waals surface area contributed by atoms with E-state index in [0.29, 0.717) is 26.1 Å². The zero-order chi connectivity index (χ0) is 21.1. The van der Waals surface area contributed by atoms with E-state index < -0.39 is 12.0 Å². The van der Waals surface area contributed by atoms with Crippen molar-refractivity contribution < 1.29 is 19.1 Å². The van der Waals surface area contributed by atoms with E-state index in [2.05, 4.69) is 22.3 Å². The molecular formula is C22H33N3O4. The zero-order valence-electron chi connectivity index (χ0n) is 17.6. The summed E-state index contributed by atoms with van der Waals surface area (Å²) in [6, 6.07) is 9.77. The molecule has 1 aromatic rings. The van der Waals surface area contributed by atoms with Crippen LogP contribution in [0.1, 0.15) is 45.1 Å². The summed E-state index contributed by atoms with van der Waals surface area (Å²) in [5.74, 6) is -0.709. The second kappa shape index (κ2) is 12.2. The smallest absolute Gasteiger partial charge is 0.306 e. The van der Waals surface area contributed by atoms with Crippen LogP contribution in [0.5, 0.6) is 0 Å². The number of amides is 2. The highest BCUT2D eigenvalue weighted by atomic mass is 16.5. The maximum Gasteiger partial charge on any atom is 0.306 e. The lowest BCUT2D eigenvalue weighted by Crippen LogP contribution is -2.54. The van der Waals surface area contributed by atoms with Gasteiger partial charge in [0.25, 0.3) is 0 Å². The third-order valence-corrected chi connectivity index (χ3v) is 5.01. The lowest BCUT2D eigenvalue weighted by molar-refractivity contribution is -0.144. The maximum atomic E-state index is 12.9. The summed E-state index contributed by atoms with van der Waals surface area (Å²) in [5, 5.41) is 2.81. The van der Waals surface area contributed by atoms with E-state index in [1.54, 1.807) is 6.92 Å². The Labute approximate surface area is 173 Å². The predicted molar refractivity (Wildman–Crippen MR) is 111 cm³/mol. The fraction of sp³-hybridized carbons (Fsp3) is 0.591. The van der Waals surface area contributed by atoms with Gasteiger partial charge in [-0.15, -0.1) is 0 Å². The third-order valence-electron chi connectivity index (χ3n) is 5.01. The fourth-order valence-corrected chi connectivity index (χ4v) is 3.45. The van der Waals surface area contributed by atoms with Crippen LogP contribution in [0, 0.1) is 0 Å². The average Bonchev–Trinajstić information content (AvgIpc) is 2.73. The Balaban J connectivity index is 1.81. The number of esters is 1. The highest BCUT2D eigenvalue weighted by Gasteiger charge is 2.28. The van der Waals surface area contributed by atoms with Crippen molar-refractivity contribution in [3.05, 3.63) is 35.9 Å². The fourth-order valence-electron chi connectivity index (χ4n) is 3.45. The van der Waals surface area contributed by atoms with Crippen molar-refractivity contribution in [2.24, 2.45) is 0 Å². The second-order valence-corrected chi connectivity index (χ2v) is 7.30. The molecule has 0 aliphatic carbocycles. The van der Waals surface area contributed by atoms with Crippen molar-refractivity contribution in [2.45, 2.75) is 52.1 Å². The zero-order valence-corrected chi connectivity index (χ0v) is 17.6. The van der Waals surface area contributed by atoms with Gasteiger partial charge in [-0.3, -0.25) is 19.3 Å². The van der Waals surface area contributed by atoms with Gasteiger partial charge in [-0.1, -0.05) is 43.7 Å². The second-order valence-electron chi connectivity index (χ2n) is 7.30. The van der Waals surface area contributed by atoms with E-state index in [0.717, 1.165) is 26.1 Å². The number of nitrogens with zero attached hydrogens (tertiary/aromatic N) is 2. The first-order valence-corrected chi connectivity index (χ1v) is 10.5. The van der Waals surface area contributed by atoms with E-state index in [1.165, 1.54) is 5.56 Å². The first-order valence-electron chi connectivity index (χ1n) is 10.5. The van der Waals surface area contributed by atoms with E-state index >= 15 is 0 Å². The summed E-state index contributed by atoms with van der Waals surface area (Å²) in [7, 11) is 0. The molecule has 0 radical (unpaired) electrons. The molecule has 2 rings (SSSR count). The normalized spacial score (nSPS) is 15.6. The van der Waals surface area contributed by atoms with Crippen LogP contribution < -0.4 is 5.32 Å². The molecule has 1 aliphatic heterocycles. The van der Waals surface area contributed by atoms with Gasteiger partial charge in [0.05, 0.1) is 13.0 Å². The lowest BCUT2D eigenvalue weighted by atomic mass is 10.1. The Morgan fingerprint density at radius 2 is 1.72 bits per heavy atom. The highest BCUT2D eigenvalue weighted by Crippen LogP contribution is 2.11. The Morgan fingerprint density at radius 3 is 2.34 bits per heavy atom. The molecule has 0 bridgehead atoms. The molecule has 2 amide bonds. The monoisotopic (exact) mass is 403 g/mol. The molecule has 1 aromatic carbocycles. The molecule has 160 valence electrons. The molecule has 7 heteroatoms. The Bertz CT molecular complexity index is 657. The lowest BCUT2D eigenvalue weighted by Gasteiger charge is -2.36. The highest BCUT2D eigenvalue weighted by molar-refractivity contribution is 5.88. The topological polar surface area (TPSA) is 78.9 Å². The van der Waals surface area contributed by atoms with Crippen molar-refractivity contribution in [2.75, 3.05) is 32.8 Å². The number of ether oxygens (including phenoxy) is 1. The number of rotatable bonds is 10. The molecule has 0 spiro atoms. The summed E-state index contributed by atoms with van der Waals surface area (Å²) in [4.78, 5) is 40.7. The minimum Gasteiger partial charge on any atom is -0.466 e. The van der Waals surface area contributed by atoms with Crippen LogP contribution in [0.25, 0.3) is 0 Å². The van der Waals surface area contributed by atoms with Crippen molar-refractivity contribution in [3.63, 3.8) is 0 Å². The molecule has 7 nitrogen and oxygen atoms in total. The molecule has 1 atom stereocenters. The third kappa shape index (κ3) is 7.85. The van der Waals surface area contributed by atoms with Crippen LogP contribution in [0.2, 0.25) is 0 Å². The van der Waals surface area contributed by atoms with Crippen LogP contribution in [-0.4, -0.2) is 66.4 Å². The van der Waals surface area contributed by atoms with Gasteiger partial charge in [0.2, 0.25) is 11.8 Å². The largest absolute Gasteiger partial charge is 0.466 e. The standard InChI is InChI=1S/C22H33N3O4/c1-3-8-19(23-20(26)11-12-21(27)29-4-2)22(28)25-15-13-24(14-16-25)17-18-9-6-5-7-10-18/h5-7,9-10,19H,3-4,8,11-17H2,1-2H3,(H,23,26). The number of piperazine rings is 1. The first kappa shape index (κ1) is 22.9. The summed E-state index contributed by atoms with van der Waals surface area (Å²) in [6.07, 6.45) is 1.46. The van der Waals surface area contributed by atoms with Crippen LogP contribution in [0.3, 0.4) is 0 Å². The molecule has 1 heterocycles. The molecule has 29 heavy (non-hydrogen) atoms. The number of nitrogens with one attached hydrogen (secondary N) is 1. The van der Waals surface area contributed by atoms with Crippen LogP contribution in [0.15, 0.2) is 30.3 Å². The summed E-state index contributed by atoms with van der Waals surface area (Å²) >= 11 is 0. The number of benzene rings is 1. The van der Waals surface area contributed by atoms with Crippen molar-refractivity contribution in [1.82, 2.24) is 15.1 Å². The van der Waals surface area contributed by atoms with Crippen molar-refractivity contribution in [1.29, 1.82) is 0 Å². The molecule has 0 saturated carbocycles. The molecule has 1 N–H and O–H groups in total. The van der Waals surface area contributed by atoms with E-state index in [-0.39, 0.29) is 24.7 Å². The van der Waals surface area contributed by atoms with Crippen molar-refractivity contribution >= 4 is 17.8 Å². The molecule has 1 unspecified atom stereocenters. The van der Waals surface area contributed by atoms with E-state index in [1.807, 2.05) is 30.0 Å². The summed E-state index contributed by atoms with van der Waals surface area (Å²) in [6.45, 7) is 7.84. The van der Waals surface area contributed by atoms with Gasteiger partial charge >= 0.3 is 5.97 Å². The van der Waals surface area contributed by atoms with Crippen molar-refractivity contribution in [3.8, 4) is 0 Å². The Kier molecular flexibility index (Phi) is 9.64. The SMILES string of the molecule is CCCC(NC(=O)CCC(=O)OCC)C(=O)N1CCN(Cc2ccccc2)CC1. The minimum atomic E-state index is -0.532. The minimum absolute atomic E-state index is 0.0318. The van der Waals surface area contributed by atoms with Gasteiger partial charge in [0, 0.05) is 39.1 Å². The van der Waals surface area contributed by atoms with Gasteiger partial charge in [-0.25, -0.2) is 0 Å². The van der Waals surface area contributed by atoms with Gasteiger partial charge in [0.15, 0.2) is 0 Å². The van der Waals surface area contributed by atoms with Gasteiger partial charge < -0.3 is 15.0 Å². The predicted octanol–water partition coefficient (Wildman–Crippen LogP) is 1.96. The van der Waals surface area contributed by atoms with Crippen LogP contribution in [0.4, 0.5) is 0 Å². The number of carbonyl (C=O) groups excluding carboxylic acids is 3. The average molecular weight is 404 g/mol. The number of hydrogen-bond donors (Lipinski definition) is 1.